The molecule has 2 fully saturated rings. The average molecular weight is 245 g/mol. The molecule has 2 heterocycles. The first-order valence-corrected chi connectivity index (χ1v) is 7.23. The van der Waals surface area contributed by atoms with Crippen LogP contribution in [0.2, 0.25) is 0 Å². The predicted octanol–water partition coefficient (Wildman–Crippen LogP) is 2.36. The molecule has 0 spiro atoms. The number of nitrogens with one attached hydrogen (secondary N) is 1. The Morgan fingerprint density at radius 2 is 2.00 bits per heavy atom. The molecule has 1 aromatic heterocycles. The fourth-order valence-corrected chi connectivity index (χ4v) is 2.67. The van der Waals surface area contributed by atoms with Crippen molar-refractivity contribution in [3.63, 3.8) is 0 Å². The second-order valence-corrected chi connectivity index (χ2v) is 5.75. The topological polar surface area (TPSA) is 28.2 Å². The largest absolute Gasteiger partial charge is 0.356 e. The normalized spacial score (nSPS) is 21.3. The summed E-state index contributed by atoms with van der Waals surface area (Å²) >= 11 is 0. The van der Waals surface area contributed by atoms with E-state index in [-0.39, 0.29) is 0 Å². The van der Waals surface area contributed by atoms with Crippen molar-refractivity contribution >= 4 is 5.82 Å². The van der Waals surface area contributed by atoms with Gasteiger partial charge in [0.15, 0.2) is 0 Å². The van der Waals surface area contributed by atoms with Gasteiger partial charge in [0, 0.05) is 24.8 Å². The monoisotopic (exact) mass is 245 g/mol. The molecule has 0 atom stereocenters. The van der Waals surface area contributed by atoms with Crippen LogP contribution in [-0.2, 0) is 0 Å². The molecular formula is C15H23N3. The molecule has 0 unspecified atom stereocenters. The van der Waals surface area contributed by atoms with Crippen LogP contribution in [0.5, 0.6) is 0 Å². The van der Waals surface area contributed by atoms with Crippen LogP contribution in [-0.4, -0.2) is 30.7 Å². The number of piperidine rings is 1. The standard InChI is InChI=1S/C15H23N3/c1-12-3-2-4-15(17-12)18-9-7-14(8-10-18)16-11-13-5-6-13/h2-4,13-14,16H,5-11H2,1H3. The molecule has 1 saturated heterocycles. The highest BCUT2D eigenvalue weighted by Gasteiger charge is 2.24. The number of hydrogen-bond donors (Lipinski definition) is 1. The van der Waals surface area contributed by atoms with Gasteiger partial charge >= 0.3 is 0 Å². The van der Waals surface area contributed by atoms with E-state index >= 15 is 0 Å². The number of anilines is 1. The van der Waals surface area contributed by atoms with E-state index in [1.807, 2.05) is 0 Å². The first kappa shape index (κ1) is 12.0. The van der Waals surface area contributed by atoms with Gasteiger partial charge in [-0.15, -0.1) is 0 Å². The van der Waals surface area contributed by atoms with E-state index in [9.17, 15) is 0 Å². The molecule has 0 radical (unpaired) electrons. The Kier molecular flexibility index (Phi) is 3.50. The van der Waals surface area contributed by atoms with Crippen LogP contribution in [0, 0.1) is 12.8 Å². The average Bonchev–Trinajstić information content (AvgIpc) is 3.21. The summed E-state index contributed by atoms with van der Waals surface area (Å²) in [6, 6.07) is 7.03. The lowest BCUT2D eigenvalue weighted by Crippen LogP contribution is -2.43. The lowest BCUT2D eigenvalue weighted by molar-refractivity contribution is 0.407. The Morgan fingerprint density at radius 3 is 2.67 bits per heavy atom. The maximum atomic E-state index is 4.61. The number of aryl methyl sites for hydroxylation is 1. The van der Waals surface area contributed by atoms with Crippen LogP contribution in [0.4, 0.5) is 5.82 Å². The molecule has 1 N–H and O–H groups in total. The van der Waals surface area contributed by atoms with Gasteiger partial charge in [-0.05, 0) is 57.2 Å². The molecule has 2 aliphatic rings. The molecule has 3 heteroatoms. The molecule has 0 amide bonds. The number of rotatable bonds is 4. The second kappa shape index (κ2) is 5.27. The highest BCUT2D eigenvalue weighted by Crippen LogP contribution is 2.28. The summed E-state index contributed by atoms with van der Waals surface area (Å²) in [6.45, 7) is 5.58. The Labute approximate surface area is 110 Å². The molecule has 98 valence electrons. The summed E-state index contributed by atoms with van der Waals surface area (Å²) < 4.78 is 0. The molecule has 3 nitrogen and oxygen atoms in total. The fraction of sp³-hybridized carbons (Fsp3) is 0.667. The molecule has 0 bridgehead atoms. The van der Waals surface area contributed by atoms with Gasteiger partial charge in [0.05, 0.1) is 0 Å². The summed E-state index contributed by atoms with van der Waals surface area (Å²) in [4.78, 5) is 7.03. The van der Waals surface area contributed by atoms with Crippen molar-refractivity contribution in [1.29, 1.82) is 0 Å². The van der Waals surface area contributed by atoms with E-state index in [0.29, 0.717) is 0 Å². The summed E-state index contributed by atoms with van der Waals surface area (Å²) in [5, 5.41) is 3.72. The highest BCUT2D eigenvalue weighted by molar-refractivity contribution is 5.39. The third kappa shape index (κ3) is 3.02. The van der Waals surface area contributed by atoms with Gasteiger partial charge < -0.3 is 10.2 Å². The van der Waals surface area contributed by atoms with Crippen LogP contribution in [0.15, 0.2) is 18.2 Å². The van der Waals surface area contributed by atoms with E-state index in [4.69, 9.17) is 0 Å². The van der Waals surface area contributed by atoms with Crippen LogP contribution in [0.1, 0.15) is 31.4 Å². The zero-order valence-electron chi connectivity index (χ0n) is 11.2. The maximum absolute atomic E-state index is 4.61. The zero-order chi connectivity index (χ0) is 12.4. The highest BCUT2D eigenvalue weighted by atomic mass is 15.2. The van der Waals surface area contributed by atoms with Crippen LogP contribution in [0.3, 0.4) is 0 Å². The van der Waals surface area contributed by atoms with Gasteiger partial charge in [-0.2, -0.15) is 0 Å². The minimum atomic E-state index is 0.728. The maximum Gasteiger partial charge on any atom is 0.128 e. The van der Waals surface area contributed by atoms with Gasteiger partial charge in [-0.25, -0.2) is 4.98 Å². The van der Waals surface area contributed by atoms with Crippen molar-refractivity contribution in [3.8, 4) is 0 Å². The number of pyridine rings is 1. The summed E-state index contributed by atoms with van der Waals surface area (Å²) in [5.41, 5.74) is 1.11. The lowest BCUT2D eigenvalue weighted by atomic mass is 10.0. The zero-order valence-corrected chi connectivity index (χ0v) is 11.2. The van der Waals surface area contributed by atoms with Crippen molar-refractivity contribution in [2.75, 3.05) is 24.5 Å². The van der Waals surface area contributed by atoms with E-state index in [1.54, 1.807) is 0 Å². The molecule has 1 aliphatic heterocycles. The number of nitrogens with zero attached hydrogens (tertiary/aromatic N) is 2. The second-order valence-electron chi connectivity index (χ2n) is 5.75. The number of aromatic nitrogens is 1. The van der Waals surface area contributed by atoms with Crippen molar-refractivity contribution in [2.45, 2.75) is 38.6 Å². The summed E-state index contributed by atoms with van der Waals surface area (Å²) in [7, 11) is 0. The Morgan fingerprint density at radius 1 is 1.22 bits per heavy atom. The van der Waals surface area contributed by atoms with Gasteiger partial charge in [-0.3, -0.25) is 0 Å². The van der Waals surface area contributed by atoms with Gasteiger partial charge in [0.25, 0.3) is 0 Å². The molecule has 0 aromatic carbocycles. The fourth-order valence-electron chi connectivity index (χ4n) is 2.67. The van der Waals surface area contributed by atoms with Gasteiger partial charge in [0.1, 0.15) is 5.82 Å². The van der Waals surface area contributed by atoms with Crippen molar-refractivity contribution in [2.24, 2.45) is 5.92 Å². The third-order valence-electron chi connectivity index (χ3n) is 4.08. The van der Waals surface area contributed by atoms with Crippen LogP contribution < -0.4 is 10.2 Å². The van der Waals surface area contributed by atoms with Crippen molar-refractivity contribution in [1.82, 2.24) is 10.3 Å². The van der Waals surface area contributed by atoms with Gasteiger partial charge in [0.2, 0.25) is 0 Å². The molecule has 18 heavy (non-hydrogen) atoms. The molecule has 1 aromatic rings. The predicted molar refractivity (Wildman–Crippen MR) is 74.9 cm³/mol. The van der Waals surface area contributed by atoms with E-state index < -0.39 is 0 Å². The molecule has 1 saturated carbocycles. The minimum absolute atomic E-state index is 0.728. The Hall–Kier alpha value is -1.09. The third-order valence-corrected chi connectivity index (χ3v) is 4.08. The van der Waals surface area contributed by atoms with Crippen LogP contribution >= 0.6 is 0 Å². The SMILES string of the molecule is Cc1cccc(N2CCC(NCC3CC3)CC2)n1. The summed E-state index contributed by atoms with van der Waals surface area (Å²) in [5.74, 6) is 2.14. The van der Waals surface area contributed by atoms with Crippen molar-refractivity contribution in [3.05, 3.63) is 23.9 Å². The summed E-state index contributed by atoms with van der Waals surface area (Å²) in [6.07, 6.45) is 5.39. The van der Waals surface area contributed by atoms with E-state index in [2.05, 4.69) is 40.3 Å². The van der Waals surface area contributed by atoms with Crippen LogP contribution in [0.25, 0.3) is 0 Å². The van der Waals surface area contributed by atoms with E-state index in [0.717, 1.165) is 36.6 Å². The van der Waals surface area contributed by atoms with E-state index in [1.165, 1.54) is 32.2 Å². The molecule has 1 aliphatic carbocycles. The minimum Gasteiger partial charge on any atom is -0.356 e. The van der Waals surface area contributed by atoms with Crippen molar-refractivity contribution < 1.29 is 0 Å². The first-order chi connectivity index (χ1) is 8.81. The number of hydrogen-bond acceptors (Lipinski definition) is 3. The lowest BCUT2D eigenvalue weighted by Gasteiger charge is -2.33. The smallest absolute Gasteiger partial charge is 0.128 e. The Bertz CT molecular complexity index is 392. The quantitative estimate of drug-likeness (QED) is 0.882. The molecule has 3 rings (SSSR count). The molecular weight excluding hydrogens is 222 g/mol. The van der Waals surface area contributed by atoms with Gasteiger partial charge in [-0.1, -0.05) is 6.07 Å². The first-order valence-electron chi connectivity index (χ1n) is 7.23. The Balaban J connectivity index is 1.49.